The van der Waals surface area contributed by atoms with Crippen molar-refractivity contribution in [2.75, 3.05) is 13.2 Å². The van der Waals surface area contributed by atoms with Gasteiger partial charge in [0.25, 0.3) is 0 Å². The van der Waals surface area contributed by atoms with Crippen LogP contribution in [0.5, 0.6) is 0 Å². The maximum Gasteiger partial charge on any atom is 0.328 e. The van der Waals surface area contributed by atoms with Crippen LogP contribution in [0.4, 0.5) is 8.78 Å². The van der Waals surface area contributed by atoms with E-state index in [2.05, 4.69) is 9.47 Å². The number of carbonyl (C=O) groups is 3. The van der Waals surface area contributed by atoms with Gasteiger partial charge in [-0.05, 0) is 26.8 Å². The third-order valence-corrected chi connectivity index (χ3v) is 3.44. The van der Waals surface area contributed by atoms with Gasteiger partial charge in [-0.3, -0.25) is 14.4 Å². The van der Waals surface area contributed by atoms with Gasteiger partial charge < -0.3 is 9.47 Å². The zero-order valence-corrected chi connectivity index (χ0v) is 13.5. The molecule has 0 spiro atoms. The van der Waals surface area contributed by atoms with Crippen LogP contribution in [0.25, 0.3) is 0 Å². The highest BCUT2D eigenvalue weighted by Gasteiger charge is 2.39. The van der Waals surface area contributed by atoms with Crippen LogP contribution in [0.1, 0.15) is 29.8 Å². The molecule has 1 aromatic carbocycles. The molecular weight excluding hydrogens is 334 g/mol. The lowest BCUT2D eigenvalue weighted by Gasteiger charge is -2.15. The van der Waals surface area contributed by atoms with Gasteiger partial charge >= 0.3 is 11.9 Å². The van der Waals surface area contributed by atoms with Crippen molar-refractivity contribution in [3.05, 3.63) is 33.9 Å². The molecule has 1 aromatic rings. The fraction of sp³-hybridized carbons (Fsp3) is 0.400. The molecule has 1 rings (SSSR count). The molecule has 0 saturated carbocycles. The second-order valence-corrected chi connectivity index (χ2v) is 4.84. The molecule has 0 saturated heterocycles. The molecule has 0 fully saturated rings. The van der Waals surface area contributed by atoms with E-state index in [0.29, 0.717) is 6.07 Å². The first kappa shape index (κ1) is 19.0. The molecule has 8 heteroatoms. The van der Waals surface area contributed by atoms with Crippen molar-refractivity contribution < 1.29 is 32.6 Å². The number of esters is 2. The molecule has 0 aliphatic rings. The molecular formula is C15H15ClF2O5. The lowest BCUT2D eigenvalue weighted by Crippen LogP contribution is -2.35. The third-order valence-electron chi connectivity index (χ3n) is 2.95. The van der Waals surface area contributed by atoms with Gasteiger partial charge in [-0.2, -0.15) is 0 Å². The van der Waals surface area contributed by atoms with E-state index in [0.717, 1.165) is 0 Å². The first-order valence-electron chi connectivity index (χ1n) is 6.77. The quantitative estimate of drug-likeness (QED) is 0.342. The molecule has 0 heterocycles. The Kier molecular flexibility index (Phi) is 6.62. The standard InChI is InChI=1S/C15H15ClF2O5/c1-4-22-14(20)10(15(21)23-5-2)13(19)8-6-9(17)12(18)7(3)11(8)16/h6,10H,4-5H2,1-3H3. The highest BCUT2D eigenvalue weighted by molar-refractivity contribution is 6.36. The molecule has 0 aromatic heterocycles. The van der Waals surface area contributed by atoms with Gasteiger partial charge in [-0.1, -0.05) is 11.6 Å². The normalized spacial score (nSPS) is 10.6. The van der Waals surface area contributed by atoms with Gasteiger partial charge in [-0.25, -0.2) is 8.78 Å². The first-order valence-corrected chi connectivity index (χ1v) is 7.15. The summed E-state index contributed by atoms with van der Waals surface area (Å²) in [5.41, 5.74) is -0.796. The van der Waals surface area contributed by atoms with Crippen LogP contribution in [-0.4, -0.2) is 30.9 Å². The number of rotatable bonds is 6. The zero-order valence-electron chi connectivity index (χ0n) is 12.7. The molecule has 0 bridgehead atoms. The van der Waals surface area contributed by atoms with Crippen molar-refractivity contribution in [1.82, 2.24) is 0 Å². The number of carbonyl (C=O) groups excluding carboxylic acids is 3. The summed E-state index contributed by atoms with van der Waals surface area (Å²) in [6, 6.07) is 0.540. The summed E-state index contributed by atoms with van der Waals surface area (Å²) in [5.74, 6) is -7.88. The highest BCUT2D eigenvalue weighted by atomic mass is 35.5. The van der Waals surface area contributed by atoms with Gasteiger partial charge in [0.2, 0.25) is 5.92 Å². The fourth-order valence-electron chi connectivity index (χ4n) is 1.83. The first-order chi connectivity index (χ1) is 10.8. The fourth-order valence-corrected chi connectivity index (χ4v) is 2.06. The molecule has 126 valence electrons. The Morgan fingerprint density at radius 3 is 2.04 bits per heavy atom. The second kappa shape index (κ2) is 8.01. The van der Waals surface area contributed by atoms with E-state index in [1.165, 1.54) is 20.8 Å². The predicted octanol–water partition coefficient (Wildman–Crippen LogP) is 2.85. The van der Waals surface area contributed by atoms with E-state index in [1.54, 1.807) is 0 Å². The van der Waals surface area contributed by atoms with E-state index in [9.17, 15) is 23.2 Å². The van der Waals surface area contributed by atoms with E-state index in [4.69, 9.17) is 11.6 Å². The summed E-state index contributed by atoms with van der Waals surface area (Å²) in [7, 11) is 0. The lowest BCUT2D eigenvalue weighted by atomic mass is 9.96. The molecule has 5 nitrogen and oxygen atoms in total. The van der Waals surface area contributed by atoms with Crippen LogP contribution in [-0.2, 0) is 19.1 Å². The zero-order chi connectivity index (χ0) is 17.7. The van der Waals surface area contributed by atoms with Gasteiger partial charge in [0.15, 0.2) is 17.4 Å². The summed E-state index contributed by atoms with van der Waals surface area (Å²) >= 11 is 5.84. The summed E-state index contributed by atoms with van der Waals surface area (Å²) in [5, 5.41) is -0.382. The number of ketones is 1. The number of benzene rings is 1. The van der Waals surface area contributed by atoms with E-state index < -0.39 is 40.8 Å². The lowest BCUT2D eigenvalue weighted by molar-refractivity contribution is -0.158. The topological polar surface area (TPSA) is 69.7 Å². The van der Waals surface area contributed by atoms with Gasteiger partial charge in [0.1, 0.15) is 0 Å². The van der Waals surface area contributed by atoms with Crippen LogP contribution >= 0.6 is 11.6 Å². The summed E-state index contributed by atoms with van der Waals surface area (Å²) in [6.07, 6.45) is 0. The Morgan fingerprint density at radius 2 is 1.61 bits per heavy atom. The molecule has 0 aliphatic heterocycles. The molecule has 0 aliphatic carbocycles. The SMILES string of the molecule is CCOC(=O)C(C(=O)OCC)C(=O)c1cc(F)c(F)c(C)c1Cl. The van der Waals surface area contributed by atoms with Crippen LogP contribution in [0.3, 0.4) is 0 Å². The van der Waals surface area contributed by atoms with Crippen molar-refractivity contribution in [1.29, 1.82) is 0 Å². The Morgan fingerprint density at radius 1 is 1.13 bits per heavy atom. The molecule has 23 heavy (non-hydrogen) atoms. The van der Waals surface area contributed by atoms with Crippen molar-refractivity contribution in [3.8, 4) is 0 Å². The van der Waals surface area contributed by atoms with Gasteiger partial charge in [0, 0.05) is 11.1 Å². The maximum atomic E-state index is 13.5. The smallest absolute Gasteiger partial charge is 0.328 e. The minimum absolute atomic E-state index is 0.0768. The Labute approximate surface area is 136 Å². The molecule has 0 N–H and O–H groups in total. The summed E-state index contributed by atoms with van der Waals surface area (Å²) in [6.45, 7) is 3.99. The van der Waals surface area contributed by atoms with E-state index >= 15 is 0 Å². The number of Topliss-reactive ketones (excluding diaryl/α,β-unsaturated/α-hetero) is 1. The van der Waals surface area contributed by atoms with Crippen molar-refractivity contribution in [3.63, 3.8) is 0 Å². The third kappa shape index (κ3) is 4.04. The molecule has 0 radical (unpaired) electrons. The Hall–Kier alpha value is -2.02. The number of hydrogen-bond donors (Lipinski definition) is 0. The average molecular weight is 349 g/mol. The molecule has 0 atom stereocenters. The second-order valence-electron chi connectivity index (χ2n) is 4.46. The van der Waals surface area contributed by atoms with Crippen LogP contribution in [0, 0.1) is 24.5 Å². The average Bonchev–Trinajstić information content (AvgIpc) is 2.49. The summed E-state index contributed by atoms with van der Waals surface area (Å²) in [4.78, 5) is 36.2. The van der Waals surface area contributed by atoms with Crippen LogP contribution < -0.4 is 0 Å². The summed E-state index contributed by atoms with van der Waals surface area (Å²) < 4.78 is 36.3. The van der Waals surface area contributed by atoms with Crippen molar-refractivity contribution in [2.24, 2.45) is 5.92 Å². The molecule has 0 unspecified atom stereocenters. The number of halogens is 3. The largest absolute Gasteiger partial charge is 0.465 e. The van der Waals surface area contributed by atoms with Crippen LogP contribution in [0.2, 0.25) is 5.02 Å². The maximum absolute atomic E-state index is 13.5. The minimum Gasteiger partial charge on any atom is -0.465 e. The highest BCUT2D eigenvalue weighted by Crippen LogP contribution is 2.28. The Balaban J connectivity index is 3.35. The number of hydrogen-bond acceptors (Lipinski definition) is 5. The number of ether oxygens (including phenoxy) is 2. The van der Waals surface area contributed by atoms with Gasteiger partial charge in [-0.15, -0.1) is 0 Å². The monoisotopic (exact) mass is 348 g/mol. The minimum atomic E-state index is -1.95. The Bertz CT molecular complexity index is 627. The van der Waals surface area contributed by atoms with Crippen molar-refractivity contribution >= 4 is 29.3 Å². The molecule has 0 amide bonds. The van der Waals surface area contributed by atoms with Crippen molar-refractivity contribution in [2.45, 2.75) is 20.8 Å². The van der Waals surface area contributed by atoms with E-state index in [1.807, 2.05) is 0 Å². The van der Waals surface area contributed by atoms with Crippen LogP contribution in [0.15, 0.2) is 6.07 Å². The predicted molar refractivity (Wildman–Crippen MR) is 77.2 cm³/mol. The van der Waals surface area contributed by atoms with E-state index in [-0.39, 0.29) is 23.8 Å². The van der Waals surface area contributed by atoms with Gasteiger partial charge in [0.05, 0.1) is 18.2 Å².